The number of nitrogens with one attached hydrogen (secondary N) is 3. The number of rotatable bonds is 5. The molecule has 0 bridgehead atoms. The molecule has 1 aliphatic heterocycles. The Hall–Kier alpha value is -2.88. The van der Waals surface area contributed by atoms with E-state index in [0.717, 1.165) is 38.1 Å². The van der Waals surface area contributed by atoms with E-state index in [1.807, 2.05) is 6.92 Å². The molecule has 3 rings (SSSR count). The highest BCUT2D eigenvalue weighted by Gasteiger charge is 2.32. The minimum absolute atomic E-state index is 0.0713. The average molecular weight is 423 g/mol. The van der Waals surface area contributed by atoms with Gasteiger partial charge in [0.05, 0.1) is 29.3 Å². The van der Waals surface area contributed by atoms with Gasteiger partial charge in [0, 0.05) is 12.5 Å². The van der Waals surface area contributed by atoms with Gasteiger partial charge in [-0.25, -0.2) is 9.78 Å². The van der Waals surface area contributed by atoms with Crippen LogP contribution in [0.5, 0.6) is 5.75 Å². The minimum Gasteiger partial charge on any atom is -0.488 e. The lowest BCUT2D eigenvalue weighted by Crippen LogP contribution is -2.38. The topological polar surface area (TPSA) is 88.2 Å². The van der Waals surface area contributed by atoms with Crippen LogP contribution in [0.15, 0.2) is 30.6 Å². The molecule has 1 aromatic heterocycles. The molecule has 1 aromatic carbocycles. The van der Waals surface area contributed by atoms with Gasteiger partial charge < -0.3 is 15.4 Å². The Bertz CT molecular complexity index is 868. The second-order valence-electron chi connectivity index (χ2n) is 7.26. The number of aryl methyl sites for hydroxylation is 1. The number of alkyl halides is 3. The maximum atomic E-state index is 13.2. The summed E-state index contributed by atoms with van der Waals surface area (Å²) in [5.41, 5.74) is -0.286. The Morgan fingerprint density at radius 2 is 2.07 bits per heavy atom. The van der Waals surface area contributed by atoms with Crippen molar-refractivity contribution in [2.45, 2.75) is 39.0 Å². The van der Waals surface area contributed by atoms with Crippen LogP contribution in [0.2, 0.25) is 0 Å². The second-order valence-corrected chi connectivity index (χ2v) is 7.26. The number of hydrogen-bond donors (Lipinski definition) is 3. The van der Waals surface area contributed by atoms with E-state index >= 15 is 0 Å². The molecule has 30 heavy (non-hydrogen) atoms. The number of nitrogens with zero attached hydrogens (tertiary/aromatic N) is 2. The van der Waals surface area contributed by atoms with E-state index in [1.165, 1.54) is 18.5 Å². The van der Waals surface area contributed by atoms with Crippen LogP contribution in [-0.4, -0.2) is 35.2 Å². The number of carbonyl (C=O) groups is 1. The zero-order valence-corrected chi connectivity index (χ0v) is 16.7. The van der Waals surface area contributed by atoms with E-state index in [2.05, 4.69) is 25.9 Å². The zero-order valence-electron chi connectivity index (χ0n) is 16.7. The molecule has 1 fully saturated rings. The van der Waals surface area contributed by atoms with Crippen LogP contribution in [0.25, 0.3) is 0 Å². The Kier molecular flexibility index (Phi) is 6.76. The number of piperidine rings is 1. The number of amides is 2. The first-order valence-electron chi connectivity index (χ1n) is 9.67. The fourth-order valence-corrected chi connectivity index (χ4v) is 3.21. The Morgan fingerprint density at radius 1 is 1.27 bits per heavy atom. The highest BCUT2D eigenvalue weighted by molar-refractivity contribution is 6.00. The average Bonchev–Trinajstić information content (AvgIpc) is 2.71. The minimum atomic E-state index is -4.55. The summed E-state index contributed by atoms with van der Waals surface area (Å²) in [5, 5.41) is 8.17. The zero-order chi connectivity index (χ0) is 21.7. The van der Waals surface area contributed by atoms with Crippen molar-refractivity contribution in [1.29, 1.82) is 0 Å². The van der Waals surface area contributed by atoms with E-state index in [0.29, 0.717) is 5.69 Å². The summed E-state index contributed by atoms with van der Waals surface area (Å²) in [4.78, 5) is 20.3. The summed E-state index contributed by atoms with van der Waals surface area (Å²) in [5.74, 6) is 0.575. The summed E-state index contributed by atoms with van der Waals surface area (Å²) < 4.78 is 45.5. The van der Waals surface area contributed by atoms with Gasteiger partial charge in [0.15, 0.2) is 5.82 Å². The first-order valence-corrected chi connectivity index (χ1v) is 9.67. The quantitative estimate of drug-likeness (QED) is 0.670. The van der Waals surface area contributed by atoms with E-state index in [9.17, 15) is 18.0 Å². The lowest BCUT2D eigenvalue weighted by Gasteiger charge is -2.29. The number of hydrogen-bond acceptors (Lipinski definition) is 5. The van der Waals surface area contributed by atoms with Crippen LogP contribution in [0.3, 0.4) is 0 Å². The third-order valence-electron chi connectivity index (χ3n) is 4.89. The molecule has 2 unspecified atom stereocenters. The third kappa shape index (κ3) is 5.82. The predicted molar refractivity (Wildman–Crippen MR) is 107 cm³/mol. The van der Waals surface area contributed by atoms with Crippen molar-refractivity contribution in [2.75, 3.05) is 23.7 Å². The van der Waals surface area contributed by atoms with E-state index in [4.69, 9.17) is 4.74 Å². The van der Waals surface area contributed by atoms with Gasteiger partial charge in [0.2, 0.25) is 0 Å². The summed E-state index contributed by atoms with van der Waals surface area (Å²) in [6.45, 7) is 5.34. The molecule has 0 aliphatic carbocycles. The molecule has 2 aromatic rings. The van der Waals surface area contributed by atoms with Crippen LogP contribution in [0.1, 0.15) is 31.0 Å². The van der Waals surface area contributed by atoms with Crippen LogP contribution in [-0.2, 0) is 6.18 Å². The van der Waals surface area contributed by atoms with Gasteiger partial charge in [0.1, 0.15) is 11.9 Å². The summed E-state index contributed by atoms with van der Waals surface area (Å²) in [6.07, 6.45) is 0.0133. The summed E-state index contributed by atoms with van der Waals surface area (Å²) in [6, 6.07) is 2.29. The van der Waals surface area contributed by atoms with Gasteiger partial charge in [-0.05, 0) is 51.4 Å². The van der Waals surface area contributed by atoms with E-state index in [1.54, 1.807) is 6.92 Å². The first-order chi connectivity index (χ1) is 14.2. The lowest BCUT2D eigenvalue weighted by molar-refractivity contribution is -0.137. The van der Waals surface area contributed by atoms with Gasteiger partial charge in [0.25, 0.3) is 0 Å². The summed E-state index contributed by atoms with van der Waals surface area (Å²) >= 11 is 0. The molecule has 1 aliphatic rings. The molecule has 1 saturated heterocycles. The molecule has 2 heterocycles. The molecule has 162 valence electrons. The molecule has 2 amide bonds. The Morgan fingerprint density at radius 3 is 2.70 bits per heavy atom. The highest BCUT2D eigenvalue weighted by atomic mass is 19.4. The molecule has 0 spiro atoms. The van der Waals surface area contributed by atoms with Gasteiger partial charge in [-0.2, -0.15) is 13.2 Å². The molecule has 0 saturated carbocycles. The van der Waals surface area contributed by atoms with Crippen LogP contribution in [0, 0.1) is 12.8 Å². The number of aromatic nitrogens is 2. The first kappa shape index (κ1) is 21.8. The summed E-state index contributed by atoms with van der Waals surface area (Å²) in [7, 11) is 0. The van der Waals surface area contributed by atoms with Crippen molar-refractivity contribution in [3.63, 3.8) is 0 Å². The second kappa shape index (κ2) is 9.29. The molecule has 2 atom stereocenters. The molecular formula is C20H24F3N5O2. The third-order valence-corrected chi connectivity index (χ3v) is 4.89. The number of urea groups is 1. The number of anilines is 2. The van der Waals surface area contributed by atoms with Crippen LogP contribution < -0.4 is 20.7 Å². The Balaban J connectivity index is 1.78. The van der Waals surface area contributed by atoms with Gasteiger partial charge in [-0.3, -0.25) is 10.3 Å². The van der Waals surface area contributed by atoms with Crippen molar-refractivity contribution >= 4 is 17.5 Å². The molecular weight excluding hydrogens is 399 g/mol. The van der Waals surface area contributed by atoms with Crippen LogP contribution in [0.4, 0.5) is 29.5 Å². The largest absolute Gasteiger partial charge is 0.488 e. The van der Waals surface area contributed by atoms with Gasteiger partial charge in [-0.1, -0.05) is 0 Å². The maximum Gasteiger partial charge on any atom is 0.416 e. The number of carbonyl (C=O) groups excluding carboxylic acids is 1. The molecule has 10 heteroatoms. The lowest BCUT2D eigenvalue weighted by atomic mass is 9.94. The maximum absolute atomic E-state index is 13.2. The predicted octanol–water partition coefficient (Wildman–Crippen LogP) is 4.21. The van der Waals surface area contributed by atoms with Crippen LogP contribution >= 0.6 is 0 Å². The highest BCUT2D eigenvalue weighted by Crippen LogP contribution is 2.36. The SMILES string of the molecule is Cc1cnc(NC(=O)Nc2cc(C(F)(F)F)ccc2OC(C)C2CCCNC2)cn1. The van der Waals surface area contributed by atoms with Crippen molar-refractivity contribution in [3.05, 3.63) is 41.9 Å². The number of benzene rings is 1. The van der Waals surface area contributed by atoms with Gasteiger partial charge >= 0.3 is 12.2 Å². The number of ether oxygens (including phenoxy) is 1. The fourth-order valence-electron chi connectivity index (χ4n) is 3.21. The monoisotopic (exact) mass is 423 g/mol. The fraction of sp³-hybridized carbons (Fsp3) is 0.450. The van der Waals surface area contributed by atoms with Gasteiger partial charge in [-0.15, -0.1) is 0 Å². The Labute approximate surface area is 172 Å². The smallest absolute Gasteiger partial charge is 0.416 e. The molecule has 3 N–H and O–H groups in total. The standard InChI is InChI=1S/C20H24F3N5O2/c1-12-9-26-18(11-25-12)28-19(29)27-16-8-15(20(21,22)23)5-6-17(16)30-13(2)14-4-3-7-24-10-14/h5-6,8-9,11,13-14,24H,3-4,7,10H2,1-2H3,(H2,26,27,28,29). The van der Waals surface area contributed by atoms with Crippen molar-refractivity contribution in [3.8, 4) is 5.75 Å². The van der Waals surface area contributed by atoms with E-state index < -0.39 is 17.8 Å². The van der Waals surface area contributed by atoms with Crippen molar-refractivity contribution < 1.29 is 22.7 Å². The van der Waals surface area contributed by atoms with E-state index in [-0.39, 0.29) is 29.3 Å². The normalized spacial score (nSPS) is 17.8. The molecule has 0 radical (unpaired) electrons. The van der Waals surface area contributed by atoms with Crippen molar-refractivity contribution in [2.24, 2.45) is 5.92 Å². The molecule has 7 nitrogen and oxygen atoms in total. The number of halogens is 3. The van der Waals surface area contributed by atoms with Crippen molar-refractivity contribution in [1.82, 2.24) is 15.3 Å².